The molecule has 1 aliphatic heterocycles. The molecule has 4 nitrogen and oxygen atoms in total. The first-order valence-electron chi connectivity index (χ1n) is 8.36. The fourth-order valence-electron chi connectivity index (χ4n) is 3.75. The van der Waals surface area contributed by atoms with Crippen LogP contribution in [0.1, 0.15) is 5.56 Å². The fourth-order valence-corrected chi connectivity index (χ4v) is 3.75. The number of hydrogen-bond donors (Lipinski definition) is 0. The summed E-state index contributed by atoms with van der Waals surface area (Å²) in [5, 5.41) is 4.07. The van der Waals surface area contributed by atoms with E-state index in [0.29, 0.717) is 5.56 Å². The highest BCUT2D eigenvalue weighted by Crippen LogP contribution is 2.43. The molecule has 0 fully saturated rings. The van der Waals surface area contributed by atoms with Gasteiger partial charge in [-0.2, -0.15) is 4.79 Å². The summed E-state index contributed by atoms with van der Waals surface area (Å²) in [6.45, 7) is 0. The molecule has 4 aromatic carbocycles. The Morgan fingerprint density at radius 1 is 0.769 bits per heavy atom. The number of hydrogen-bond acceptors (Lipinski definition) is 1. The van der Waals surface area contributed by atoms with Crippen molar-refractivity contribution in [3.05, 3.63) is 90.0 Å². The summed E-state index contributed by atoms with van der Waals surface area (Å²) >= 11 is 0. The molecule has 0 spiro atoms. The molecule has 4 aromatic rings. The maximum atomic E-state index is 13.1. The molecule has 1 amide bonds. The van der Waals surface area contributed by atoms with Gasteiger partial charge in [0, 0.05) is 10.8 Å². The third-order valence-corrected chi connectivity index (χ3v) is 4.87. The van der Waals surface area contributed by atoms with Gasteiger partial charge in [-0.3, -0.25) is 9.69 Å². The van der Waals surface area contributed by atoms with Crippen molar-refractivity contribution < 1.29 is 9.58 Å². The second-order valence-corrected chi connectivity index (χ2v) is 6.27. The minimum absolute atomic E-state index is 0.0672. The third kappa shape index (κ3) is 1.88. The summed E-state index contributed by atoms with van der Waals surface area (Å²) in [6.07, 6.45) is 0. The van der Waals surface area contributed by atoms with Crippen LogP contribution in [0, 0.1) is 0 Å². The SMILES string of the molecule is [N-]=[N+]=C1C(=O)N(c2c3ccccc3cc3ccccc23)c2ccccc21. The van der Waals surface area contributed by atoms with Crippen molar-refractivity contribution in [3.8, 4) is 0 Å². The summed E-state index contributed by atoms with van der Waals surface area (Å²) in [4.78, 5) is 18.0. The van der Waals surface area contributed by atoms with E-state index in [0.717, 1.165) is 32.9 Å². The van der Waals surface area contributed by atoms with Crippen LogP contribution in [0.5, 0.6) is 0 Å². The van der Waals surface area contributed by atoms with Gasteiger partial charge < -0.3 is 5.53 Å². The zero-order valence-corrected chi connectivity index (χ0v) is 13.8. The Balaban J connectivity index is 1.95. The van der Waals surface area contributed by atoms with Gasteiger partial charge in [0.2, 0.25) is 0 Å². The number of rotatable bonds is 1. The van der Waals surface area contributed by atoms with Crippen molar-refractivity contribution >= 4 is 44.5 Å². The van der Waals surface area contributed by atoms with Crippen LogP contribution in [0.25, 0.3) is 27.1 Å². The molecular formula is C22H13N3O. The topological polar surface area (TPSA) is 56.7 Å². The first-order chi connectivity index (χ1) is 12.8. The molecule has 0 atom stereocenters. The molecular weight excluding hydrogens is 322 g/mol. The Labute approximate surface area is 149 Å². The standard InChI is InChI=1S/C22H13N3O/c23-24-20-18-11-5-6-12-19(18)25(22(20)26)21-16-9-3-1-7-14(16)13-15-8-2-4-10-17(15)21/h1-13H. The van der Waals surface area contributed by atoms with E-state index in [4.69, 9.17) is 0 Å². The predicted octanol–water partition coefficient (Wildman–Crippen LogP) is 4.69. The van der Waals surface area contributed by atoms with Crippen LogP contribution in [0.2, 0.25) is 0 Å². The van der Waals surface area contributed by atoms with Gasteiger partial charge in [0.25, 0.3) is 0 Å². The van der Waals surface area contributed by atoms with Gasteiger partial charge in [-0.25, -0.2) is 0 Å². The van der Waals surface area contributed by atoms with Crippen molar-refractivity contribution in [1.82, 2.24) is 0 Å². The average molecular weight is 335 g/mol. The summed E-state index contributed by atoms with van der Waals surface area (Å²) < 4.78 is 0. The molecule has 0 N–H and O–H groups in total. The maximum Gasteiger partial charge on any atom is 0.389 e. The van der Waals surface area contributed by atoms with Crippen molar-refractivity contribution in [3.63, 3.8) is 0 Å². The van der Waals surface area contributed by atoms with Gasteiger partial charge >= 0.3 is 11.6 Å². The monoisotopic (exact) mass is 335 g/mol. The van der Waals surface area contributed by atoms with E-state index in [1.807, 2.05) is 66.7 Å². The predicted molar refractivity (Wildman–Crippen MR) is 103 cm³/mol. The molecule has 0 saturated heterocycles. The molecule has 0 bridgehead atoms. The van der Waals surface area contributed by atoms with Crippen LogP contribution in [-0.4, -0.2) is 16.4 Å². The lowest BCUT2D eigenvalue weighted by Crippen LogP contribution is -2.26. The average Bonchev–Trinajstić information content (AvgIpc) is 2.97. The minimum Gasteiger partial charge on any atom is -0.361 e. The lowest BCUT2D eigenvalue weighted by Gasteiger charge is -2.21. The van der Waals surface area contributed by atoms with Crippen LogP contribution in [0.3, 0.4) is 0 Å². The highest BCUT2D eigenvalue weighted by molar-refractivity contribution is 6.54. The number of carbonyl (C=O) groups is 1. The number of nitrogens with zero attached hydrogens (tertiary/aromatic N) is 3. The molecule has 122 valence electrons. The number of benzene rings is 4. The number of para-hydroxylation sites is 1. The Hall–Kier alpha value is -3.75. The zero-order chi connectivity index (χ0) is 17.7. The molecule has 0 radical (unpaired) electrons. The molecule has 1 heterocycles. The first kappa shape index (κ1) is 14.6. The Morgan fingerprint density at radius 3 is 2.00 bits per heavy atom. The van der Waals surface area contributed by atoms with E-state index >= 15 is 0 Å². The number of fused-ring (bicyclic) bond motifs is 3. The number of carbonyl (C=O) groups excluding carboxylic acids is 1. The summed E-state index contributed by atoms with van der Waals surface area (Å²) in [6, 6.07) is 25.5. The molecule has 0 aromatic heterocycles. The molecule has 1 aliphatic rings. The van der Waals surface area contributed by atoms with Crippen molar-refractivity contribution in [2.24, 2.45) is 0 Å². The first-order valence-corrected chi connectivity index (χ1v) is 8.36. The molecule has 0 aliphatic carbocycles. The van der Waals surface area contributed by atoms with Crippen LogP contribution in [0.15, 0.2) is 78.9 Å². The third-order valence-electron chi connectivity index (χ3n) is 4.87. The van der Waals surface area contributed by atoms with Crippen molar-refractivity contribution in [2.75, 3.05) is 4.90 Å². The van der Waals surface area contributed by atoms with Gasteiger partial charge in [0.1, 0.15) is 0 Å². The highest BCUT2D eigenvalue weighted by atomic mass is 16.2. The van der Waals surface area contributed by atoms with Gasteiger partial charge in [0.05, 0.1) is 16.9 Å². The maximum absolute atomic E-state index is 13.1. The van der Waals surface area contributed by atoms with E-state index in [1.165, 1.54) is 0 Å². The van der Waals surface area contributed by atoms with Crippen LogP contribution in [-0.2, 0) is 4.79 Å². The lowest BCUT2D eigenvalue weighted by molar-refractivity contribution is -0.115. The van der Waals surface area contributed by atoms with E-state index in [2.05, 4.69) is 10.9 Å². The Bertz CT molecular complexity index is 1210. The van der Waals surface area contributed by atoms with E-state index in [-0.39, 0.29) is 11.6 Å². The second-order valence-electron chi connectivity index (χ2n) is 6.27. The van der Waals surface area contributed by atoms with Gasteiger partial charge in [-0.1, -0.05) is 60.7 Å². The quantitative estimate of drug-likeness (QED) is 0.283. The molecule has 26 heavy (non-hydrogen) atoms. The van der Waals surface area contributed by atoms with E-state index < -0.39 is 0 Å². The van der Waals surface area contributed by atoms with Gasteiger partial charge in [0.15, 0.2) is 0 Å². The highest BCUT2D eigenvalue weighted by Gasteiger charge is 2.42. The summed E-state index contributed by atoms with van der Waals surface area (Å²) in [5.41, 5.74) is 11.7. The molecule has 4 heteroatoms. The van der Waals surface area contributed by atoms with Crippen LogP contribution in [0.4, 0.5) is 11.4 Å². The van der Waals surface area contributed by atoms with Crippen LogP contribution >= 0.6 is 0 Å². The molecule has 0 unspecified atom stereocenters. The molecule has 5 rings (SSSR count). The number of amides is 1. The second kappa shape index (κ2) is 5.38. The largest absolute Gasteiger partial charge is 0.389 e. The van der Waals surface area contributed by atoms with E-state index in [1.54, 1.807) is 11.0 Å². The van der Waals surface area contributed by atoms with Crippen molar-refractivity contribution in [2.45, 2.75) is 0 Å². The summed E-state index contributed by atoms with van der Waals surface area (Å²) in [5.74, 6) is -0.324. The number of anilines is 2. The normalized spacial score (nSPS) is 13.3. The summed E-state index contributed by atoms with van der Waals surface area (Å²) in [7, 11) is 0. The zero-order valence-electron chi connectivity index (χ0n) is 13.8. The smallest absolute Gasteiger partial charge is 0.361 e. The van der Waals surface area contributed by atoms with Crippen molar-refractivity contribution in [1.29, 1.82) is 0 Å². The Kier molecular flexibility index (Phi) is 3.02. The van der Waals surface area contributed by atoms with E-state index in [9.17, 15) is 10.3 Å². The lowest BCUT2D eigenvalue weighted by atomic mass is 10.00. The fraction of sp³-hybridized carbons (Fsp3) is 0. The molecule has 0 saturated carbocycles. The minimum atomic E-state index is -0.324. The van der Waals surface area contributed by atoms with Gasteiger partial charge in [-0.05, 0) is 29.0 Å². The van der Waals surface area contributed by atoms with Crippen LogP contribution < -0.4 is 4.90 Å². The Morgan fingerprint density at radius 2 is 1.35 bits per heavy atom. The van der Waals surface area contributed by atoms with Gasteiger partial charge in [-0.15, -0.1) is 0 Å².